The molecule has 1 saturated heterocycles. The quantitative estimate of drug-likeness (QED) is 0.534. The third kappa shape index (κ3) is 5.12. The maximum atomic E-state index is 12.5. The van der Waals surface area contributed by atoms with Crippen LogP contribution in [0.15, 0.2) is 78.0 Å². The molecule has 0 bridgehead atoms. The molecule has 2 aromatic carbocycles. The second kappa shape index (κ2) is 9.89. The van der Waals surface area contributed by atoms with Gasteiger partial charge in [0.25, 0.3) is 5.56 Å². The first-order valence-corrected chi connectivity index (χ1v) is 10.9. The van der Waals surface area contributed by atoms with Crippen molar-refractivity contribution in [2.75, 3.05) is 5.32 Å². The lowest BCUT2D eigenvalue weighted by Crippen LogP contribution is -2.35. The lowest BCUT2D eigenvalue weighted by Gasteiger charge is -2.20. The van der Waals surface area contributed by atoms with E-state index in [0.717, 1.165) is 30.4 Å². The predicted octanol–water partition coefficient (Wildman–Crippen LogP) is 2.84. The van der Waals surface area contributed by atoms with Gasteiger partial charge >= 0.3 is 0 Å². The summed E-state index contributed by atoms with van der Waals surface area (Å²) < 4.78 is 1.30. The molecule has 0 radical (unpaired) electrons. The Hall–Kier alpha value is -3.29. The maximum absolute atomic E-state index is 12.5. The molecule has 1 amide bonds. The number of benzene rings is 2. The first-order valence-electron chi connectivity index (χ1n) is 10.9. The standard InChI is InChI=1S/C25H28N4O3/c1-17(29-16-26-14-13-23(29)30)25(32)28-20-9-7-18(8-10-20)15-21-11-12-22(27-21)24(31)19-5-3-2-4-6-19/h2-10,13-14,16-17,21-22,24,27,31H,11-12,15H2,1H3,(H,28,32)/t17?,21-,22+,24+/m0/s1. The van der Waals surface area contributed by atoms with Gasteiger partial charge in [-0.25, -0.2) is 4.98 Å². The number of aliphatic hydroxyl groups excluding tert-OH is 1. The number of carbonyl (C=O) groups is 1. The fourth-order valence-electron chi connectivity index (χ4n) is 4.18. The van der Waals surface area contributed by atoms with Crippen LogP contribution in [0.3, 0.4) is 0 Å². The number of nitrogens with zero attached hydrogens (tertiary/aromatic N) is 2. The summed E-state index contributed by atoms with van der Waals surface area (Å²) in [6, 6.07) is 18.5. The third-order valence-corrected chi connectivity index (χ3v) is 6.05. The van der Waals surface area contributed by atoms with E-state index in [1.807, 2.05) is 54.6 Å². The molecule has 1 fully saturated rings. The highest BCUT2D eigenvalue weighted by molar-refractivity contribution is 5.93. The Morgan fingerprint density at radius 3 is 2.62 bits per heavy atom. The van der Waals surface area contributed by atoms with Crippen molar-refractivity contribution in [3.63, 3.8) is 0 Å². The van der Waals surface area contributed by atoms with Crippen molar-refractivity contribution in [3.8, 4) is 0 Å². The Balaban J connectivity index is 1.31. The van der Waals surface area contributed by atoms with Crippen LogP contribution in [0.4, 0.5) is 5.69 Å². The number of hydrogen-bond acceptors (Lipinski definition) is 5. The van der Waals surface area contributed by atoms with Gasteiger partial charge < -0.3 is 15.7 Å². The molecule has 0 spiro atoms. The summed E-state index contributed by atoms with van der Waals surface area (Å²) in [4.78, 5) is 28.3. The van der Waals surface area contributed by atoms with E-state index >= 15 is 0 Å². The van der Waals surface area contributed by atoms with Gasteiger partial charge in [0.2, 0.25) is 5.91 Å². The number of amides is 1. The predicted molar refractivity (Wildman–Crippen MR) is 123 cm³/mol. The molecule has 7 heteroatoms. The zero-order valence-corrected chi connectivity index (χ0v) is 18.0. The second-order valence-electron chi connectivity index (χ2n) is 8.30. The van der Waals surface area contributed by atoms with Crippen LogP contribution in [0.1, 0.15) is 43.0 Å². The van der Waals surface area contributed by atoms with Gasteiger partial charge in [-0.3, -0.25) is 14.2 Å². The van der Waals surface area contributed by atoms with Crippen molar-refractivity contribution in [1.82, 2.24) is 14.9 Å². The van der Waals surface area contributed by atoms with Crippen molar-refractivity contribution in [1.29, 1.82) is 0 Å². The molecule has 166 valence electrons. The third-order valence-electron chi connectivity index (χ3n) is 6.05. The molecule has 4 rings (SSSR count). The Bertz CT molecular complexity index is 1100. The van der Waals surface area contributed by atoms with Crippen LogP contribution in [0.2, 0.25) is 0 Å². The van der Waals surface area contributed by atoms with Crippen molar-refractivity contribution < 1.29 is 9.90 Å². The minimum atomic E-state index is -0.661. The van der Waals surface area contributed by atoms with Crippen LogP contribution in [-0.4, -0.2) is 32.6 Å². The van der Waals surface area contributed by atoms with Crippen molar-refractivity contribution in [2.24, 2.45) is 0 Å². The molecule has 0 aliphatic carbocycles. The second-order valence-corrected chi connectivity index (χ2v) is 8.30. The first kappa shape index (κ1) is 21.9. The van der Waals surface area contributed by atoms with E-state index in [0.29, 0.717) is 11.7 Å². The summed E-state index contributed by atoms with van der Waals surface area (Å²) in [5.41, 5.74) is 2.51. The number of nitrogens with one attached hydrogen (secondary N) is 2. The van der Waals surface area contributed by atoms with Gasteiger partial charge in [-0.1, -0.05) is 42.5 Å². The van der Waals surface area contributed by atoms with Gasteiger partial charge in [0.05, 0.1) is 12.4 Å². The molecule has 7 nitrogen and oxygen atoms in total. The first-order chi connectivity index (χ1) is 15.5. The number of hydrogen-bond donors (Lipinski definition) is 3. The topological polar surface area (TPSA) is 96.2 Å². The fraction of sp³-hybridized carbons (Fsp3) is 0.320. The molecule has 2 heterocycles. The van der Waals surface area contributed by atoms with E-state index in [1.54, 1.807) is 6.92 Å². The molecule has 3 N–H and O–H groups in total. The monoisotopic (exact) mass is 432 g/mol. The molecule has 32 heavy (non-hydrogen) atoms. The highest BCUT2D eigenvalue weighted by atomic mass is 16.3. The van der Waals surface area contributed by atoms with Crippen molar-refractivity contribution >= 4 is 11.6 Å². The van der Waals surface area contributed by atoms with Gasteiger partial charge in [0.15, 0.2) is 0 Å². The molecular formula is C25H28N4O3. The van der Waals surface area contributed by atoms with Crippen LogP contribution in [0, 0.1) is 0 Å². The summed E-state index contributed by atoms with van der Waals surface area (Å²) >= 11 is 0. The zero-order chi connectivity index (χ0) is 22.5. The molecule has 1 aromatic heterocycles. The van der Waals surface area contributed by atoms with E-state index in [1.165, 1.54) is 23.2 Å². The summed E-state index contributed by atoms with van der Waals surface area (Å²) in [6.45, 7) is 1.67. The van der Waals surface area contributed by atoms with Gasteiger partial charge in [-0.05, 0) is 49.4 Å². The van der Waals surface area contributed by atoms with E-state index < -0.39 is 12.1 Å². The van der Waals surface area contributed by atoms with E-state index in [9.17, 15) is 14.7 Å². The highest BCUT2D eigenvalue weighted by Crippen LogP contribution is 2.27. The van der Waals surface area contributed by atoms with Crippen LogP contribution in [0.5, 0.6) is 0 Å². The minimum Gasteiger partial charge on any atom is -0.387 e. The average molecular weight is 433 g/mol. The zero-order valence-electron chi connectivity index (χ0n) is 18.0. The number of anilines is 1. The number of aromatic nitrogens is 2. The molecule has 1 aliphatic heterocycles. The normalized spacial score (nSPS) is 19.9. The van der Waals surface area contributed by atoms with Crippen LogP contribution < -0.4 is 16.2 Å². The van der Waals surface area contributed by atoms with Crippen LogP contribution >= 0.6 is 0 Å². The number of rotatable bonds is 7. The molecular weight excluding hydrogens is 404 g/mol. The Labute approximate surface area is 187 Å². The molecule has 0 saturated carbocycles. The fourth-order valence-corrected chi connectivity index (χ4v) is 4.18. The van der Waals surface area contributed by atoms with Gasteiger partial charge in [-0.15, -0.1) is 0 Å². The Kier molecular flexibility index (Phi) is 6.78. The lowest BCUT2D eigenvalue weighted by atomic mass is 10.0. The maximum Gasteiger partial charge on any atom is 0.253 e. The largest absolute Gasteiger partial charge is 0.387 e. The van der Waals surface area contributed by atoms with Gasteiger partial charge in [-0.2, -0.15) is 0 Å². The van der Waals surface area contributed by atoms with Gasteiger partial charge in [0, 0.05) is 30.0 Å². The number of aliphatic hydroxyl groups is 1. The minimum absolute atomic E-state index is 0.0540. The van der Waals surface area contributed by atoms with Crippen LogP contribution in [0.25, 0.3) is 0 Å². The highest BCUT2D eigenvalue weighted by Gasteiger charge is 2.29. The summed E-state index contributed by atoms with van der Waals surface area (Å²) in [5.74, 6) is -0.275. The van der Waals surface area contributed by atoms with E-state index in [2.05, 4.69) is 15.6 Å². The molecule has 4 atom stereocenters. The Morgan fingerprint density at radius 2 is 1.91 bits per heavy atom. The van der Waals surface area contributed by atoms with E-state index in [4.69, 9.17) is 0 Å². The summed E-state index contributed by atoms with van der Waals surface area (Å²) in [6.07, 6.45) is 5.06. The van der Waals surface area contributed by atoms with Crippen molar-refractivity contribution in [2.45, 2.75) is 50.4 Å². The van der Waals surface area contributed by atoms with Crippen LogP contribution in [-0.2, 0) is 11.2 Å². The molecule has 1 aliphatic rings. The smallest absolute Gasteiger partial charge is 0.253 e. The van der Waals surface area contributed by atoms with Crippen molar-refractivity contribution in [3.05, 3.63) is 94.7 Å². The molecule has 3 aromatic rings. The summed E-state index contributed by atoms with van der Waals surface area (Å²) in [7, 11) is 0. The summed E-state index contributed by atoms with van der Waals surface area (Å²) in [5, 5.41) is 17.1. The SMILES string of the molecule is CC(C(=O)Nc1ccc(C[C@@H]2CC[C@H]([C@H](O)c3ccccc3)N2)cc1)n1cnccc1=O. The Morgan fingerprint density at radius 1 is 1.16 bits per heavy atom. The lowest BCUT2D eigenvalue weighted by molar-refractivity contribution is -0.118. The van der Waals surface area contributed by atoms with E-state index in [-0.39, 0.29) is 17.5 Å². The van der Waals surface area contributed by atoms with Gasteiger partial charge in [0.1, 0.15) is 6.04 Å². The number of carbonyl (C=O) groups excluding carboxylic acids is 1. The molecule has 1 unspecified atom stereocenters. The average Bonchev–Trinajstić information content (AvgIpc) is 3.28.